The number of fused-ring (bicyclic) bond motifs is 1. The van der Waals surface area contributed by atoms with Crippen LogP contribution in [0.2, 0.25) is 0 Å². The normalized spacial score (nSPS) is 18.6. The Balaban J connectivity index is 1.36. The molecule has 7 nitrogen and oxygen atoms in total. The molecule has 10 heteroatoms. The van der Waals surface area contributed by atoms with E-state index in [-0.39, 0.29) is 17.2 Å². The minimum Gasteiger partial charge on any atom is -0.598 e. The highest BCUT2D eigenvalue weighted by molar-refractivity contribution is 7.90. The van der Waals surface area contributed by atoms with Crippen LogP contribution in [0.3, 0.4) is 0 Å². The molecule has 2 aliphatic rings. The summed E-state index contributed by atoms with van der Waals surface area (Å²) >= 11 is -1.18. The molecule has 1 aliphatic heterocycles. The lowest BCUT2D eigenvalue weighted by Crippen LogP contribution is -2.42. The molecule has 1 amide bonds. The lowest BCUT2D eigenvalue weighted by atomic mass is 9.95. The third-order valence-corrected chi connectivity index (χ3v) is 8.08. The standard InChI is InChI=1S/C27H38F2N4O3S/c1-18(2)37(35)30-16-24-25-23(32-33(24)13-12-19-10-11-19)15-21(31-26(25)34)8-4-6-20-7-5-9-22(14-20)36-17-27(3,28)29/h5,7,9,14,18-19,21,30H,4,6,8,10-13,15-17H2,1-3H3,(H,31,34). The van der Waals surface area contributed by atoms with Crippen LogP contribution < -0.4 is 14.8 Å². The van der Waals surface area contributed by atoms with E-state index in [1.807, 2.05) is 30.7 Å². The van der Waals surface area contributed by atoms with Gasteiger partial charge in [0.2, 0.25) is 0 Å². The molecule has 2 atom stereocenters. The molecule has 0 saturated heterocycles. The Hall–Kier alpha value is -2.17. The number of aryl methyl sites for hydroxylation is 2. The lowest BCUT2D eigenvalue weighted by Gasteiger charge is -2.23. The van der Waals surface area contributed by atoms with Crippen molar-refractivity contribution in [1.29, 1.82) is 0 Å². The summed E-state index contributed by atoms with van der Waals surface area (Å²) in [5.74, 6) is -1.81. The Labute approximate surface area is 221 Å². The number of nitrogens with zero attached hydrogens (tertiary/aromatic N) is 2. The second-order valence-electron chi connectivity index (χ2n) is 10.7. The van der Waals surface area contributed by atoms with Crippen LogP contribution in [0.15, 0.2) is 24.3 Å². The Kier molecular flexibility index (Phi) is 9.13. The van der Waals surface area contributed by atoms with Crippen LogP contribution >= 0.6 is 0 Å². The van der Waals surface area contributed by atoms with Crippen molar-refractivity contribution in [2.75, 3.05) is 6.61 Å². The van der Waals surface area contributed by atoms with Crippen molar-refractivity contribution in [2.24, 2.45) is 5.92 Å². The third-order valence-electron chi connectivity index (χ3n) is 6.80. The van der Waals surface area contributed by atoms with Crippen molar-refractivity contribution < 1.29 is 22.9 Å². The van der Waals surface area contributed by atoms with E-state index >= 15 is 0 Å². The summed E-state index contributed by atoms with van der Waals surface area (Å²) in [6.07, 6.45) is 6.59. The average molecular weight is 537 g/mol. The Morgan fingerprint density at radius 3 is 2.81 bits per heavy atom. The Morgan fingerprint density at radius 2 is 2.11 bits per heavy atom. The summed E-state index contributed by atoms with van der Waals surface area (Å²) in [7, 11) is 0. The predicted molar refractivity (Wildman–Crippen MR) is 140 cm³/mol. The van der Waals surface area contributed by atoms with Gasteiger partial charge < -0.3 is 14.6 Å². The van der Waals surface area contributed by atoms with E-state index in [2.05, 4.69) is 10.0 Å². The van der Waals surface area contributed by atoms with Gasteiger partial charge in [-0.2, -0.15) is 5.10 Å². The van der Waals surface area contributed by atoms with Crippen LogP contribution in [0.5, 0.6) is 5.75 Å². The average Bonchev–Trinajstić information content (AvgIpc) is 3.60. The fourth-order valence-electron chi connectivity index (χ4n) is 4.61. The molecule has 204 valence electrons. The van der Waals surface area contributed by atoms with Crippen LogP contribution in [0.4, 0.5) is 8.78 Å². The molecule has 4 rings (SSSR count). The van der Waals surface area contributed by atoms with E-state index in [0.29, 0.717) is 24.3 Å². The zero-order chi connectivity index (χ0) is 26.6. The van der Waals surface area contributed by atoms with Gasteiger partial charge in [-0.15, -0.1) is 4.72 Å². The number of rotatable bonds is 14. The number of halogens is 2. The van der Waals surface area contributed by atoms with Gasteiger partial charge in [-0.25, -0.2) is 8.78 Å². The van der Waals surface area contributed by atoms with E-state index in [9.17, 15) is 18.1 Å². The van der Waals surface area contributed by atoms with Crippen molar-refractivity contribution in [1.82, 2.24) is 19.8 Å². The van der Waals surface area contributed by atoms with Gasteiger partial charge in [0.25, 0.3) is 11.8 Å². The summed E-state index contributed by atoms with van der Waals surface area (Å²) in [6.45, 7) is 5.09. The fourth-order valence-corrected chi connectivity index (χ4v) is 5.22. The summed E-state index contributed by atoms with van der Waals surface area (Å²) in [6, 6.07) is 7.22. The number of amides is 1. The molecule has 0 spiro atoms. The highest BCUT2D eigenvalue weighted by Gasteiger charge is 2.32. The first-order valence-corrected chi connectivity index (χ1v) is 14.4. The summed E-state index contributed by atoms with van der Waals surface area (Å²) in [5, 5.41) is 7.96. The molecule has 2 unspecified atom stereocenters. The molecular weight excluding hydrogens is 498 g/mol. The highest BCUT2D eigenvalue weighted by atomic mass is 32.2. The number of aromatic nitrogens is 2. The first-order valence-electron chi connectivity index (χ1n) is 13.2. The Morgan fingerprint density at radius 1 is 1.32 bits per heavy atom. The third kappa shape index (κ3) is 8.15. The van der Waals surface area contributed by atoms with Crippen molar-refractivity contribution in [3.63, 3.8) is 0 Å². The number of hydrogen-bond donors (Lipinski definition) is 2. The van der Waals surface area contributed by atoms with Gasteiger partial charge in [-0.3, -0.25) is 9.48 Å². The largest absolute Gasteiger partial charge is 0.598 e. The predicted octanol–water partition coefficient (Wildman–Crippen LogP) is 4.56. The van der Waals surface area contributed by atoms with Crippen molar-refractivity contribution >= 4 is 17.3 Å². The summed E-state index contributed by atoms with van der Waals surface area (Å²) in [5.41, 5.74) is 3.26. The van der Waals surface area contributed by atoms with Gasteiger partial charge in [-0.1, -0.05) is 25.0 Å². The maximum Gasteiger partial charge on any atom is 0.278 e. The number of ether oxygens (including phenoxy) is 1. The monoisotopic (exact) mass is 536 g/mol. The highest BCUT2D eigenvalue weighted by Crippen LogP contribution is 2.33. The van der Waals surface area contributed by atoms with Crippen molar-refractivity contribution in [3.8, 4) is 5.75 Å². The van der Waals surface area contributed by atoms with Gasteiger partial charge in [0.15, 0.2) is 6.61 Å². The smallest absolute Gasteiger partial charge is 0.278 e. The van der Waals surface area contributed by atoms with Crippen LogP contribution in [0.25, 0.3) is 0 Å². The molecule has 37 heavy (non-hydrogen) atoms. The molecule has 2 heterocycles. The molecule has 0 radical (unpaired) electrons. The van der Waals surface area contributed by atoms with E-state index in [4.69, 9.17) is 9.84 Å². The van der Waals surface area contributed by atoms with E-state index in [1.54, 1.807) is 12.1 Å². The molecule has 2 N–H and O–H groups in total. The zero-order valence-corrected chi connectivity index (χ0v) is 22.7. The minimum atomic E-state index is -2.87. The molecule has 1 aromatic carbocycles. The van der Waals surface area contributed by atoms with E-state index in [0.717, 1.165) is 62.0 Å². The first kappa shape index (κ1) is 27.9. The minimum absolute atomic E-state index is 0.0169. The molecule has 1 aliphatic carbocycles. The molecule has 0 bridgehead atoms. The second kappa shape index (κ2) is 12.1. The molecule has 1 fully saturated rings. The first-order chi connectivity index (χ1) is 17.6. The maximum atomic E-state index is 13.1. The lowest BCUT2D eigenvalue weighted by molar-refractivity contribution is -0.0229. The van der Waals surface area contributed by atoms with Crippen LogP contribution in [0.1, 0.15) is 80.2 Å². The molecule has 2 aromatic rings. The Bertz CT molecular complexity index is 1070. The van der Waals surface area contributed by atoms with Gasteiger partial charge in [-0.05, 0) is 63.1 Å². The van der Waals surface area contributed by atoms with E-state index in [1.165, 1.54) is 12.8 Å². The van der Waals surface area contributed by atoms with Crippen LogP contribution in [0, 0.1) is 5.92 Å². The molecule has 1 saturated carbocycles. The van der Waals surface area contributed by atoms with Gasteiger partial charge in [0.1, 0.15) is 11.0 Å². The van der Waals surface area contributed by atoms with Crippen LogP contribution in [-0.2, 0) is 37.3 Å². The van der Waals surface area contributed by atoms with E-state index < -0.39 is 23.9 Å². The molecule has 1 aromatic heterocycles. The van der Waals surface area contributed by atoms with Gasteiger partial charge >= 0.3 is 0 Å². The SMILES string of the molecule is CC(C)[S+]([O-])NCc1c2c(nn1CCC1CC1)CC(CCCc1cccc(OCC(C)(F)F)c1)NC2=O. The second-order valence-corrected chi connectivity index (χ2v) is 12.5. The van der Waals surface area contributed by atoms with Crippen LogP contribution in [-0.4, -0.2) is 44.1 Å². The zero-order valence-electron chi connectivity index (χ0n) is 21.9. The molecular formula is C27H38F2N4O3S. The summed E-state index contributed by atoms with van der Waals surface area (Å²) in [4.78, 5) is 13.1. The topological polar surface area (TPSA) is 91.2 Å². The quantitative estimate of drug-likeness (QED) is 0.346. The van der Waals surface area contributed by atoms with Gasteiger partial charge in [0.05, 0.1) is 23.5 Å². The number of carbonyl (C=O) groups is 1. The number of nitrogens with one attached hydrogen (secondary N) is 2. The van der Waals surface area contributed by atoms with Crippen molar-refractivity contribution in [3.05, 3.63) is 46.8 Å². The number of hydrogen-bond acceptors (Lipinski definition) is 5. The van der Waals surface area contributed by atoms with Gasteiger partial charge in [0, 0.05) is 37.3 Å². The number of alkyl halides is 2. The fraction of sp³-hybridized carbons (Fsp3) is 0.630. The number of carbonyl (C=O) groups excluding carboxylic acids is 1. The van der Waals surface area contributed by atoms with Crippen molar-refractivity contribution in [2.45, 2.75) is 96.0 Å². The summed E-state index contributed by atoms with van der Waals surface area (Å²) < 4.78 is 48.7. The number of benzene rings is 1. The maximum absolute atomic E-state index is 13.1.